The Kier molecular flexibility index (Phi) is 19.3. The van der Waals surface area contributed by atoms with E-state index >= 15 is 0 Å². The van der Waals surface area contributed by atoms with Crippen LogP contribution >= 0.6 is 0 Å². The molecule has 0 unspecified atom stereocenters. The van der Waals surface area contributed by atoms with E-state index in [0.717, 1.165) is 204 Å². The molecule has 0 atom stereocenters. The molecule has 4 aliphatic rings. The maximum absolute atomic E-state index is 5.60. The second-order valence-corrected chi connectivity index (χ2v) is 23.1. The fourth-order valence-corrected chi connectivity index (χ4v) is 14.9. The van der Waals surface area contributed by atoms with Gasteiger partial charge in [0, 0.05) is 38.6 Å². The number of hydrogen-bond acceptors (Lipinski definition) is 4. The lowest BCUT2D eigenvalue weighted by molar-refractivity contribution is 1.07. The van der Waals surface area contributed by atoms with Crippen molar-refractivity contribution in [3.05, 3.63) is 138 Å². The van der Waals surface area contributed by atoms with Crippen molar-refractivity contribution >= 4 is 88.7 Å². The molecule has 4 aliphatic heterocycles. The molecule has 0 aromatic carbocycles. The fourth-order valence-electron chi connectivity index (χ4n) is 14.9. The third-order valence-corrected chi connectivity index (χ3v) is 18.9. The highest BCUT2D eigenvalue weighted by Gasteiger charge is 2.29. The maximum atomic E-state index is 5.60. The molecule has 0 fully saturated rings. The van der Waals surface area contributed by atoms with Crippen LogP contribution in [0, 0.1) is 47.4 Å². The molecule has 8 heteroatoms. The van der Waals surface area contributed by atoms with Crippen molar-refractivity contribution < 1.29 is 0 Å². The predicted octanol–water partition coefficient (Wildman–Crippen LogP) is 19.8. The summed E-state index contributed by atoms with van der Waals surface area (Å²) in [5, 5.41) is 0. The molecule has 88 heavy (non-hydrogen) atoms. The summed E-state index contributed by atoms with van der Waals surface area (Å²) in [6.45, 7) is 36.0. The average Bonchev–Trinajstić information content (AvgIpc) is 2.56. The highest BCUT2D eigenvalue weighted by atomic mass is 14.8. The number of aryl methyl sites for hydroxylation is 8. The molecular weight excluding hydrogens is 1070 g/mol. The Labute approximate surface area is 524 Å². The highest BCUT2D eigenvalue weighted by molar-refractivity contribution is 6.00. The zero-order valence-electron chi connectivity index (χ0n) is 55.6. The van der Waals surface area contributed by atoms with Gasteiger partial charge in [-0.3, -0.25) is 0 Å². The van der Waals surface area contributed by atoms with E-state index in [4.69, 9.17) is 19.9 Å². The highest BCUT2D eigenvalue weighted by Crippen LogP contribution is 2.44. The van der Waals surface area contributed by atoms with Crippen LogP contribution in [0.5, 0.6) is 0 Å². The Bertz CT molecular complexity index is 4460. The standard InChI is InChI=1S/C80H90N8/c1-17-47-51(21-5)69-43-73-55(25-9)59(29-13)77(85-73)63(78-60(30-14)56(26-10)74(86-78)44-70-52(22-6)48(18-2)66(82-70)41-65(47)81-69)39-37-35-33-34-36-38-40-64-79-61(31-15)57(27-11)75(87-79)45-71-53(23-7)49(19-3)67(83-71)42-68-50(20-4)54(24-8)72(84-68)46-76-58(28-12)62(32-16)80(64)88-76/h41-46,81-83,88H,17-32H2,1-16H3. The minimum Gasteiger partial charge on any atom is -0.355 e. The maximum Gasteiger partial charge on any atom is 0.0851 e. The lowest BCUT2D eigenvalue weighted by atomic mass is 9.94. The van der Waals surface area contributed by atoms with Crippen molar-refractivity contribution in [1.29, 1.82) is 0 Å². The first kappa shape index (κ1) is 62.5. The first-order valence-electron chi connectivity index (χ1n) is 33.5. The van der Waals surface area contributed by atoms with Gasteiger partial charge >= 0.3 is 0 Å². The molecule has 4 N–H and O–H groups in total. The van der Waals surface area contributed by atoms with E-state index in [-0.39, 0.29) is 0 Å². The van der Waals surface area contributed by atoms with Crippen LogP contribution in [0.3, 0.4) is 0 Å². The van der Waals surface area contributed by atoms with E-state index in [1.165, 1.54) is 89.1 Å². The molecule has 0 amide bonds. The molecule has 16 bridgehead atoms. The summed E-state index contributed by atoms with van der Waals surface area (Å²) < 4.78 is 0. The van der Waals surface area contributed by atoms with Gasteiger partial charge in [-0.15, -0.1) is 0 Å². The molecule has 0 radical (unpaired) electrons. The summed E-state index contributed by atoms with van der Waals surface area (Å²) in [4.78, 5) is 37.9. The number of H-pyrrole nitrogens is 4. The van der Waals surface area contributed by atoms with Gasteiger partial charge in [0.05, 0.1) is 62.2 Å². The van der Waals surface area contributed by atoms with E-state index in [0.29, 0.717) is 0 Å². The summed E-state index contributed by atoms with van der Waals surface area (Å²) in [6.07, 6.45) is 13.9. The van der Waals surface area contributed by atoms with Crippen molar-refractivity contribution in [2.45, 2.75) is 214 Å². The summed E-state index contributed by atoms with van der Waals surface area (Å²) in [5.41, 5.74) is 38.7. The molecule has 0 spiro atoms. The number of fused-ring (bicyclic) bond motifs is 16. The molecule has 6 aromatic heterocycles. The van der Waals surface area contributed by atoms with Crippen LogP contribution in [0.4, 0.5) is 0 Å². The van der Waals surface area contributed by atoms with Gasteiger partial charge in [-0.1, -0.05) is 111 Å². The van der Waals surface area contributed by atoms with Crippen LogP contribution in [0.15, 0.2) is 36.4 Å². The van der Waals surface area contributed by atoms with Crippen molar-refractivity contribution in [2.75, 3.05) is 0 Å². The zero-order chi connectivity index (χ0) is 62.5. The van der Waals surface area contributed by atoms with Crippen molar-refractivity contribution in [1.82, 2.24) is 39.9 Å². The minimum atomic E-state index is 0.801. The summed E-state index contributed by atoms with van der Waals surface area (Å²) in [7, 11) is 0. The fraction of sp³-hybridized carbons (Fsp3) is 0.400. The van der Waals surface area contributed by atoms with Crippen molar-refractivity contribution in [3.63, 3.8) is 0 Å². The van der Waals surface area contributed by atoms with E-state index in [9.17, 15) is 0 Å². The number of hydrogen-bond donors (Lipinski definition) is 4. The van der Waals surface area contributed by atoms with Crippen molar-refractivity contribution in [2.24, 2.45) is 0 Å². The largest absolute Gasteiger partial charge is 0.355 e. The SMILES string of the molecule is CCC1=C(CC)c2cc3[nH]c(c(C#CC#CC#CC#Cc4c5nc(cc6[nH]c(cc7[nH]c(cc8nc4C(CC)=C8CC)c(CC)c7CC)c(CC)c6CC)C(CC)=C5CC)c4nc(cc5[nH]c(cc1n2)c(CC)c5CC)C(CC)=C4CC)c(CC)c3CC. The molecule has 0 aliphatic carbocycles. The summed E-state index contributed by atoms with van der Waals surface area (Å²) >= 11 is 0. The quantitative estimate of drug-likeness (QED) is 0.0723. The summed E-state index contributed by atoms with van der Waals surface area (Å²) in [6, 6.07) is 13.8. The van der Waals surface area contributed by atoms with Gasteiger partial charge in [0.15, 0.2) is 0 Å². The monoisotopic (exact) mass is 1160 g/mol. The van der Waals surface area contributed by atoms with E-state index in [2.05, 4.69) is 214 Å². The van der Waals surface area contributed by atoms with E-state index < -0.39 is 0 Å². The Morgan fingerprint density at radius 3 is 0.784 bits per heavy atom. The van der Waals surface area contributed by atoms with Crippen LogP contribution < -0.4 is 0 Å². The van der Waals surface area contributed by atoms with Gasteiger partial charge in [0.2, 0.25) is 0 Å². The Hall–Kier alpha value is -8.56. The van der Waals surface area contributed by atoms with E-state index in [1.807, 2.05) is 0 Å². The lowest BCUT2D eigenvalue weighted by Gasteiger charge is -2.08. The second kappa shape index (κ2) is 27.2. The van der Waals surface area contributed by atoms with Crippen LogP contribution in [-0.4, -0.2) is 39.9 Å². The van der Waals surface area contributed by atoms with Crippen molar-refractivity contribution in [3.8, 4) is 47.4 Å². The molecular formula is C80H90N8. The molecule has 6 aromatic rings. The molecule has 10 rings (SSSR count). The number of nitrogens with one attached hydrogen (secondary N) is 4. The minimum absolute atomic E-state index is 0.801. The van der Waals surface area contributed by atoms with Crippen LogP contribution in [-0.2, 0) is 51.4 Å². The number of rotatable bonds is 16. The van der Waals surface area contributed by atoms with Gasteiger partial charge in [-0.2, -0.15) is 0 Å². The number of aromatic amines is 4. The Morgan fingerprint density at radius 1 is 0.239 bits per heavy atom. The van der Waals surface area contributed by atoms with Crippen LogP contribution in [0.1, 0.15) is 263 Å². The second-order valence-electron chi connectivity index (χ2n) is 23.1. The topological polar surface area (TPSA) is 115 Å². The smallest absolute Gasteiger partial charge is 0.0851 e. The predicted molar refractivity (Wildman–Crippen MR) is 376 cm³/mol. The van der Waals surface area contributed by atoms with Gasteiger partial charge in [0.25, 0.3) is 0 Å². The zero-order valence-corrected chi connectivity index (χ0v) is 55.6. The lowest BCUT2D eigenvalue weighted by Crippen LogP contribution is -1.95. The normalized spacial score (nSPS) is 13.0. The molecule has 0 saturated heterocycles. The van der Waals surface area contributed by atoms with Gasteiger partial charge in [-0.25, -0.2) is 19.9 Å². The molecule has 10 heterocycles. The van der Waals surface area contributed by atoms with Gasteiger partial charge in [-0.05, 0) is 276 Å². The number of nitrogens with zero attached hydrogens (tertiary/aromatic N) is 4. The molecule has 8 nitrogen and oxygen atoms in total. The number of aromatic nitrogens is 8. The van der Waals surface area contributed by atoms with Gasteiger partial charge < -0.3 is 19.9 Å². The molecule has 0 saturated carbocycles. The Balaban J connectivity index is 1.21. The Morgan fingerprint density at radius 2 is 0.477 bits per heavy atom. The van der Waals surface area contributed by atoms with Crippen LogP contribution in [0.2, 0.25) is 0 Å². The summed E-state index contributed by atoms with van der Waals surface area (Å²) in [5.74, 6) is 26.3. The first-order valence-corrected chi connectivity index (χ1v) is 33.5. The van der Waals surface area contributed by atoms with E-state index in [1.54, 1.807) is 0 Å². The van der Waals surface area contributed by atoms with Gasteiger partial charge in [0.1, 0.15) is 0 Å². The average molecular weight is 1160 g/mol. The first-order chi connectivity index (χ1) is 42.9. The van der Waals surface area contributed by atoms with Crippen LogP contribution in [0.25, 0.3) is 88.7 Å². The molecule has 450 valence electrons. The third kappa shape index (κ3) is 11.0. The number of allylic oxidation sites excluding steroid dienone is 8. The third-order valence-electron chi connectivity index (χ3n) is 18.9.